The van der Waals surface area contributed by atoms with Gasteiger partial charge in [-0.15, -0.1) is 0 Å². The standard InChI is InChI=1S/C17H22Cl6N2O4/c1-8(16(18,19)20)5-11(24-10(3)26)15(28)25-12(6-9(2)17(21,22)23)13(29-4)7-14(25)27/h7-9,11-12H,5-6H2,1-4H3,(H,24,26)/t8?,9?,11-,12?/m0/s1. The summed E-state index contributed by atoms with van der Waals surface area (Å²) in [5.74, 6) is -2.62. The number of methoxy groups -OCH3 is 1. The van der Waals surface area contributed by atoms with Crippen molar-refractivity contribution in [1.82, 2.24) is 10.2 Å². The van der Waals surface area contributed by atoms with Crippen LogP contribution in [0.5, 0.6) is 0 Å². The average Bonchev–Trinajstić information content (AvgIpc) is 2.86. The molecule has 0 spiro atoms. The zero-order chi connectivity index (χ0) is 22.7. The summed E-state index contributed by atoms with van der Waals surface area (Å²) >= 11 is 35.6. The molecule has 0 aromatic rings. The number of nitrogens with zero attached hydrogens (tertiary/aromatic N) is 1. The Morgan fingerprint density at radius 2 is 1.66 bits per heavy atom. The van der Waals surface area contributed by atoms with Gasteiger partial charge in [0.05, 0.1) is 13.2 Å². The van der Waals surface area contributed by atoms with Gasteiger partial charge in [0.25, 0.3) is 11.8 Å². The van der Waals surface area contributed by atoms with Crippen LogP contribution in [0.2, 0.25) is 0 Å². The van der Waals surface area contributed by atoms with Gasteiger partial charge >= 0.3 is 0 Å². The van der Waals surface area contributed by atoms with Gasteiger partial charge in [-0.1, -0.05) is 83.5 Å². The van der Waals surface area contributed by atoms with E-state index in [2.05, 4.69) is 5.32 Å². The van der Waals surface area contributed by atoms with Crippen molar-refractivity contribution in [3.8, 4) is 0 Å². The molecule has 6 nitrogen and oxygen atoms in total. The first-order valence-electron chi connectivity index (χ1n) is 8.62. The Kier molecular flexibility index (Phi) is 9.72. The molecule has 1 rings (SSSR count). The Hall–Kier alpha value is -0.110. The number of amides is 3. The number of nitrogens with one attached hydrogen (secondary N) is 1. The van der Waals surface area contributed by atoms with Crippen molar-refractivity contribution in [3.05, 3.63) is 11.8 Å². The van der Waals surface area contributed by atoms with Crippen LogP contribution >= 0.6 is 69.6 Å². The molecule has 12 heteroatoms. The first-order chi connectivity index (χ1) is 13.1. The van der Waals surface area contributed by atoms with Crippen molar-refractivity contribution in [1.29, 1.82) is 0 Å². The van der Waals surface area contributed by atoms with Crippen LogP contribution < -0.4 is 5.32 Å². The van der Waals surface area contributed by atoms with E-state index in [1.54, 1.807) is 13.8 Å². The Morgan fingerprint density at radius 3 is 2.07 bits per heavy atom. The molecule has 1 aliphatic heterocycles. The minimum Gasteiger partial charge on any atom is -0.499 e. The molecule has 0 radical (unpaired) electrons. The normalized spacial score (nSPS) is 20.8. The minimum atomic E-state index is -1.66. The van der Waals surface area contributed by atoms with Crippen LogP contribution in [0.25, 0.3) is 0 Å². The molecule has 0 aromatic carbocycles. The summed E-state index contributed by atoms with van der Waals surface area (Å²) in [7, 11) is 1.37. The molecule has 0 aromatic heterocycles. The van der Waals surface area contributed by atoms with Gasteiger partial charge in [0.1, 0.15) is 11.8 Å². The van der Waals surface area contributed by atoms with E-state index in [-0.39, 0.29) is 18.6 Å². The average molecular weight is 531 g/mol. The van der Waals surface area contributed by atoms with E-state index in [0.29, 0.717) is 0 Å². The summed E-state index contributed by atoms with van der Waals surface area (Å²) in [6, 6.07) is -1.90. The van der Waals surface area contributed by atoms with Crippen LogP contribution in [0.3, 0.4) is 0 Å². The molecule has 4 atom stereocenters. The molecule has 0 aliphatic carbocycles. The summed E-state index contributed by atoms with van der Waals surface area (Å²) in [5, 5.41) is 2.52. The third kappa shape index (κ3) is 7.51. The molecule has 3 unspecified atom stereocenters. The van der Waals surface area contributed by atoms with Crippen molar-refractivity contribution < 1.29 is 19.1 Å². The van der Waals surface area contributed by atoms with Crippen LogP contribution in [-0.4, -0.2) is 49.4 Å². The molecule has 1 aliphatic rings. The fourth-order valence-corrected chi connectivity index (χ4v) is 3.37. The molecule has 0 fully saturated rings. The summed E-state index contributed by atoms with van der Waals surface area (Å²) in [6.45, 7) is 4.53. The number of carbonyl (C=O) groups is 3. The number of ether oxygens (including phenoxy) is 1. The molecule has 166 valence electrons. The number of rotatable bonds is 7. The van der Waals surface area contributed by atoms with Gasteiger partial charge in [-0.25, -0.2) is 0 Å². The molecular weight excluding hydrogens is 509 g/mol. The highest BCUT2D eigenvalue weighted by atomic mass is 35.6. The lowest BCUT2D eigenvalue weighted by Gasteiger charge is -2.33. The topological polar surface area (TPSA) is 75.7 Å². The van der Waals surface area contributed by atoms with E-state index < -0.39 is 49.2 Å². The van der Waals surface area contributed by atoms with E-state index in [0.717, 1.165) is 4.90 Å². The van der Waals surface area contributed by atoms with Gasteiger partial charge < -0.3 is 10.1 Å². The van der Waals surface area contributed by atoms with Gasteiger partial charge in [-0.3, -0.25) is 19.3 Å². The van der Waals surface area contributed by atoms with E-state index in [1.165, 1.54) is 20.1 Å². The predicted molar refractivity (Wildman–Crippen MR) is 116 cm³/mol. The number of hydrogen-bond acceptors (Lipinski definition) is 4. The Morgan fingerprint density at radius 1 is 1.14 bits per heavy atom. The monoisotopic (exact) mass is 528 g/mol. The quantitative estimate of drug-likeness (QED) is 0.490. The molecule has 1 N–H and O–H groups in total. The number of carbonyl (C=O) groups excluding carboxylic acids is 3. The number of halogens is 6. The Labute approximate surface area is 200 Å². The number of hydrogen-bond donors (Lipinski definition) is 1. The van der Waals surface area contributed by atoms with Crippen molar-refractivity contribution in [2.45, 2.75) is 53.3 Å². The highest BCUT2D eigenvalue weighted by molar-refractivity contribution is 6.68. The SMILES string of the molecule is COC1=CC(=O)N(C(=O)[C@H](CC(C)C(Cl)(Cl)Cl)NC(C)=O)C1CC(C)C(Cl)(Cl)Cl. The largest absolute Gasteiger partial charge is 0.499 e. The summed E-state index contributed by atoms with van der Waals surface area (Å²) in [4.78, 5) is 38.4. The van der Waals surface area contributed by atoms with E-state index in [9.17, 15) is 14.4 Å². The molecule has 0 saturated carbocycles. The second-order valence-electron chi connectivity index (χ2n) is 6.92. The van der Waals surface area contributed by atoms with Gasteiger partial charge in [-0.2, -0.15) is 0 Å². The van der Waals surface area contributed by atoms with Crippen LogP contribution in [0.1, 0.15) is 33.6 Å². The fourth-order valence-electron chi connectivity index (χ4n) is 2.84. The highest BCUT2D eigenvalue weighted by Crippen LogP contribution is 2.41. The first-order valence-corrected chi connectivity index (χ1v) is 10.9. The van der Waals surface area contributed by atoms with Crippen LogP contribution in [0, 0.1) is 11.8 Å². The van der Waals surface area contributed by atoms with Crippen LogP contribution in [0.15, 0.2) is 11.8 Å². The number of alkyl halides is 6. The van der Waals surface area contributed by atoms with Crippen molar-refractivity contribution >= 4 is 87.3 Å². The Bertz CT molecular complexity index is 674. The second kappa shape index (κ2) is 10.5. The first kappa shape index (κ1) is 26.9. The molecule has 3 amide bonds. The third-order valence-corrected chi connectivity index (χ3v) is 6.81. The van der Waals surface area contributed by atoms with E-state index in [4.69, 9.17) is 74.3 Å². The Balaban J connectivity index is 3.19. The molecule has 0 saturated heterocycles. The number of imide groups is 1. The molecule has 29 heavy (non-hydrogen) atoms. The van der Waals surface area contributed by atoms with Crippen molar-refractivity contribution in [3.63, 3.8) is 0 Å². The maximum absolute atomic E-state index is 13.2. The second-order valence-corrected chi connectivity index (χ2v) is 11.7. The van der Waals surface area contributed by atoms with Crippen LogP contribution in [-0.2, 0) is 19.1 Å². The van der Waals surface area contributed by atoms with E-state index >= 15 is 0 Å². The fraction of sp³-hybridized carbons (Fsp3) is 0.706. The zero-order valence-electron chi connectivity index (χ0n) is 16.1. The summed E-state index contributed by atoms with van der Waals surface area (Å²) in [5.41, 5.74) is 0. The lowest BCUT2D eigenvalue weighted by Crippen LogP contribution is -2.53. The molecule has 0 bridgehead atoms. The van der Waals surface area contributed by atoms with Crippen LogP contribution in [0.4, 0.5) is 0 Å². The summed E-state index contributed by atoms with van der Waals surface area (Å²) < 4.78 is 1.98. The third-order valence-electron chi connectivity index (χ3n) is 4.58. The zero-order valence-corrected chi connectivity index (χ0v) is 20.7. The van der Waals surface area contributed by atoms with Gasteiger partial charge in [0.2, 0.25) is 5.91 Å². The maximum atomic E-state index is 13.2. The lowest BCUT2D eigenvalue weighted by atomic mass is 9.98. The summed E-state index contributed by atoms with van der Waals surface area (Å²) in [6.07, 6.45) is 1.32. The maximum Gasteiger partial charge on any atom is 0.257 e. The van der Waals surface area contributed by atoms with Crippen molar-refractivity contribution in [2.24, 2.45) is 11.8 Å². The smallest absolute Gasteiger partial charge is 0.257 e. The molecular formula is C17H22Cl6N2O4. The van der Waals surface area contributed by atoms with E-state index in [1.807, 2.05) is 0 Å². The predicted octanol–water partition coefficient (Wildman–Crippen LogP) is 4.55. The molecule has 1 heterocycles. The highest BCUT2D eigenvalue weighted by Gasteiger charge is 2.45. The van der Waals surface area contributed by atoms with Gasteiger partial charge in [0, 0.05) is 24.8 Å². The minimum absolute atomic E-state index is 0.00621. The van der Waals surface area contributed by atoms with Crippen molar-refractivity contribution in [2.75, 3.05) is 7.11 Å². The van der Waals surface area contributed by atoms with Gasteiger partial charge in [0.15, 0.2) is 7.59 Å². The lowest BCUT2D eigenvalue weighted by molar-refractivity contribution is -0.146. The van der Waals surface area contributed by atoms with Gasteiger partial charge in [-0.05, 0) is 12.8 Å².